The van der Waals surface area contributed by atoms with Crippen LogP contribution in [0.2, 0.25) is 0 Å². The van der Waals surface area contributed by atoms with Crippen molar-refractivity contribution in [2.75, 3.05) is 6.61 Å². The SMILES string of the molecule is CCCCCCCCCCCCCCCCCC(O)C(CO)NC(=O)CC(CCCCCCCCCC)OC(=O)CCCCCCCCCCCCC. The van der Waals surface area contributed by atoms with Crippen LogP contribution in [0.5, 0.6) is 0 Å². The molecule has 0 aromatic heterocycles. The number of aliphatic hydroxyl groups excluding tert-OH is 2. The van der Waals surface area contributed by atoms with Gasteiger partial charge in [0.2, 0.25) is 5.91 Å². The van der Waals surface area contributed by atoms with Gasteiger partial charge < -0.3 is 20.3 Å². The highest BCUT2D eigenvalue weighted by atomic mass is 16.5. The highest BCUT2D eigenvalue weighted by Gasteiger charge is 2.24. The van der Waals surface area contributed by atoms with Crippen LogP contribution in [0, 0.1) is 0 Å². The summed E-state index contributed by atoms with van der Waals surface area (Å²) in [6, 6.07) is -0.690. The molecule has 3 atom stereocenters. The summed E-state index contributed by atoms with van der Waals surface area (Å²) in [5.41, 5.74) is 0. The number of carbonyl (C=O) groups excluding carboxylic acids is 2. The Morgan fingerprint density at radius 2 is 0.792 bits per heavy atom. The molecule has 0 saturated heterocycles. The van der Waals surface area contributed by atoms with E-state index in [1.54, 1.807) is 0 Å². The zero-order chi connectivity index (χ0) is 38.9. The van der Waals surface area contributed by atoms with Crippen molar-refractivity contribution in [2.45, 2.75) is 283 Å². The van der Waals surface area contributed by atoms with E-state index in [4.69, 9.17) is 4.74 Å². The summed E-state index contributed by atoms with van der Waals surface area (Å²) in [5.74, 6) is -0.461. The molecule has 316 valence electrons. The molecular formula is C47H93NO5. The minimum Gasteiger partial charge on any atom is -0.462 e. The molecule has 6 nitrogen and oxygen atoms in total. The molecule has 0 saturated carbocycles. The first kappa shape index (κ1) is 51.9. The van der Waals surface area contributed by atoms with Crippen LogP contribution in [-0.4, -0.2) is 46.9 Å². The van der Waals surface area contributed by atoms with Crippen molar-refractivity contribution in [3.63, 3.8) is 0 Å². The standard InChI is InChI=1S/C47H93NO5/c1-4-7-10-13-16-19-21-22-23-24-26-27-30-33-36-39-45(50)44(42-49)48-46(51)41-43(38-35-32-29-18-15-12-9-6-3)53-47(52)40-37-34-31-28-25-20-17-14-11-8-5-2/h43-45,49-50H,4-42H2,1-3H3,(H,48,51). The van der Waals surface area contributed by atoms with Gasteiger partial charge in [-0.1, -0.05) is 226 Å². The van der Waals surface area contributed by atoms with Gasteiger partial charge >= 0.3 is 5.97 Å². The second kappa shape index (κ2) is 42.0. The number of esters is 1. The molecule has 0 rings (SSSR count). The number of hydrogen-bond donors (Lipinski definition) is 3. The van der Waals surface area contributed by atoms with Gasteiger partial charge in [-0.05, 0) is 25.7 Å². The molecule has 3 N–H and O–H groups in total. The van der Waals surface area contributed by atoms with Crippen molar-refractivity contribution >= 4 is 11.9 Å². The Hall–Kier alpha value is -1.14. The zero-order valence-electron chi connectivity index (χ0n) is 35.9. The summed E-state index contributed by atoms with van der Waals surface area (Å²) in [6.07, 6.45) is 43.1. The number of nitrogens with one attached hydrogen (secondary N) is 1. The lowest BCUT2D eigenvalue weighted by molar-refractivity contribution is -0.151. The molecule has 0 bridgehead atoms. The predicted molar refractivity (Wildman–Crippen MR) is 227 cm³/mol. The van der Waals surface area contributed by atoms with Crippen molar-refractivity contribution < 1.29 is 24.5 Å². The molecule has 0 aliphatic rings. The minimum absolute atomic E-state index is 0.0860. The van der Waals surface area contributed by atoms with Gasteiger partial charge in [-0.2, -0.15) is 0 Å². The van der Waals surface area contributed by atoms with E-state index in [-0.39, 0.29) is 24.9 Å². The quantitative estimate of drug-likeness (QED) is 0.0426. The molecule has 0 spiro atoms. The van der Waals surface area contributed by atoms with Crippen LogP contribution < -0.4 is 5.32 Å². The molecule has 0 radical (unpaired) electrons. The number of ether oxygens (including phenoxy) is 1. The van der Waals surface area contributed by atoms with Gasteiger partial charge in [-0.25, -0.2) is 0 Å². The summed E-state index contributed by atoms with van der Waals surface area (Å²) < 4.78 is 5.88. The van der Waals surface area contributed by atoms with Gasteiger partial charge in [-0.3, -0.25) is 9.59 Å². The Kier molecular flexibility index (Phi) is 41.1. The molecule has 0 aromatic rings. The first-order valence-electron chi connectivity index (χ1n) is 23.8. The highest BCUT2D eigenvalue weighted by Crippen LogP contribution is 2.18. The molecule has 6 heteroatoms. The van der Waals surface area contributed by atoms with E-state index in [2.05, 4.69) is 26.1 Å². The maximum Gasteiger partial charge on any atom is 0.306 e. The van der Waals surface area contributed by atoms with Crippen LogP contribution in [0.4, 0.5) is 0 Å². The lowest BCUT2D eigenvalue weighted by Gasteiger charge is -2.24. The summed E-state index contributed by atoms with van der Waals surface area (Å²) >= 11 is 0. The molecule has 3 unspecified atom stereocenters. The Morgan fingerprint density at radius 1 is 0.472 bits per heavy atom. The molecule has 0 aromatic carbocycles. The zero-order valence-corrected chi connectivity index (χ0v) is 35.9. The van der Waals surface area contributed by atoms with E-state index in [0.717, 1.165) is 44.9 Å². The smallest absolute Gasteiger partial charge is 0.306 e. The Morgan fingerprint density at radius 3 is 1.15 bits per heavy atom. The maximum absolute atomic E-state index is 13.1. The Bertz CT molecular complexity index is 761. The monoisotopic (exact) mass is 752 g/mol. The van der Waals surface area contributed by atoms with Gasteiger partial charge in [0, 0.05) is 6.42 Å². The molecule has 1 amide bonds. The first-order chi connectivity index (χ1) is 26.0. The number of hydrogen-bond acceptors (Lipinski definition) is 5. The van der Waals surface area contributed by atoms with Gasteiger partial charge in [0.1, 0.15) is 6.10 Å². The van der Waals surface area contributed by atoms with Gasteiger partial charge in [0.15, 0.2) is 0 Å². The number of aliphatic hydroxyl groups is 2. The average molecular weight is 752 g/mol. The Balaban J connectivity index is 4.39. The van der Waals surface area contributed by atoms with E-state index in [1.807, 2.05) is 0 Å². The van der Waals surface area contributed by atoms with Crippen LogP contribution in [0.3, 0.4) is 0 Å². The number of carbonyl (C=O) groups is 2. The number of amides is 1. The summed E-state index contributed by atoms with van der Waals surface area (Å²) in [6.45, 7) is 6.47. The largest absolute Gasteiger partial charge is 0.462 e. The average Bonchev–Trinajstić information content (AvgIpc) is 3.15. The van der Waals surface area contributed by atoms with Gasteiger partial charge in [0.05, 0.1) is 25.2 Å². The van der Waals surface area contributed by atoms with Crippen molar-refractivity contribution in [1.29, 1.82) is 0 Å². The molecule has 0 fully saturated rings. The van der Waals surface area contributed by atoms with E-state index in [1.165, 1.54) is 173 Å². The fourth-order valence-electron chi connectivity index (χ4n) is 7.55. The summed E-state index contributed by atoms with van der Waals surface area (Å²) in [4.78, 5) is 25.9. The fraction of sp³-hybridized carbons (Fsp3) is 0.957. The van der Waals surface area contributed by atoms with Crippen molar-refractivity contribution in [3.8, 4) is 0 Å². The molecule has 0 heterocycles. The fourth-order valence-corrected chi connectivity index (χ4v) is 7.55. The van der Waals surface area contributed by atoms with Crippen LogP contribution in [0.1, 0.15) is 265 Å². The van der Waals surface area contributed by atoms with Crippen LogP contribution >= 0.6 is 0 Å². The molecule has 53 heavy (non-hydrogen) atoms. The van der Waals surface area contributed by atoms with Crippen LogP contribution in [0.15, 0.2) is 0 Å². The number of unbranched alkanes of at least 4 members (excludes halogenated alkanes) is 31. The summed E-state index contributed by atoms with van der Waals surface area (Å²) in [5, 5.41) is 23.7. The third-order valence-corrected chi connectivity index (χ3v) is 11.2. The maximum atomic E-state index is 13.1. The third-order valence-electron chi connectivity index (χ3n) is 11.2. The van der Waals surface area contributed by atoms with E-state index in [0.29, 0.717) is 19.3 Å². The van der Waals surface area contributed by atoms with Crippen molar-refractivity contribution in [2.24, 2.45) is 0 Å². The normalized spacial score (nSPS) is 13.2. The van der Waals surface area contributed by atoms with Crippen molar-refractivity contribution in [1.82, 2.24) is 5.32 Å². The lowest BCUT2D eigenvalue weighted by atomic mass is 10.0. The lowest BCUT2D eigenvalue weighted by Crippen LogP contribution is -2.46. The van der Waals surface area contributed by atoms with E-state index in [9.17, 15) is 19.8 Å². The van der Waals surface area contributed by atoms with Gasteiger partial charge in [-0.15, -0.1) is 0 Å². The summed E-state index contributed by atoms with van der Waals surface area (Å²) in [7, 11) is 0. The topological polar surface area (TPSA) is 95.9 Å². The van der Waals surface area contributed by atoms with Crippen molar-refractivity contribution in [3.05, 3.63) is 0 Å². The second-order valence-electron chi connectivity index (χ2n) is 16.5. The van der Waals surface area contributed by atoms with Crippen LogP contribution in [-0.2, 0) is 14.3 Å². The molecular weight excluding hydrogens is 659 g/mol. The molecule has 0 aliphatic heterocycles. The van der Waals surface area contributed by atoms with E-state index < -0.39 is 18.2 Å². The van der Waals surface area contributed by atoms with Gasteiger partial charge in [0.25, 0.3) is 0 Å². The van der Waals surface area contributed by atoms with Crippen LogP contribution in [0.25, 0.3) is 0 Å². The first-order valence-corrected chi connectivity index (χ1v) is 23.8. The minimum atomic E-state index is -0.777. The van der Waals surface area contributed by atoms with E-state index >= 15 is 0 Å². The predicted octanol–water partition coefficient (Wildman–Crippen LogP) is 13.6. The second-order valence-corrected chi connectivity index (χ2v) is 16.5. The highest BCUT2D eigenvalue weighted by molar-refractivity contribution is 5.77. The Labute approximate surface area is 330 Å². The molecule has 0 aliphatic carbocycles. The third kappa shape index (κ3) is 37.6. The number of rotatable bonds is 43.